The Morgan fingerprint density at radius 3 is 2.26 bits per heavy atom. The number of carbonyl (C=O) groups excluding carboxylic acids is 2. The van der Waals surface area contributed by atoms with Gasteiger partial charge in [-0.05, 0) is 52.7 Å². The number of hydrogen-bond acceptors (Lipinski definition) is 6. The summed E-state index contributed by atoms with van der Waals surface area (Å²) >= 11 is 0. The molecule has 2 bridgehead atoms. The molecule has 1 amide bonds. The zero-order valence-electron chi connectivity index (χ0n) is 16.1. The molecule has 2 fully saturated rings. The second-order valence-corrected chi connectivity index (χ2v) is 8.16. The van der Waals surface area contributed by atoms with Crippen LogP contribution in [0.1, 0.15) is 50.9 Å². The van der Waals surface area contributed by atoms with Gasteiger partial charge in [0.15, 0.2) is 5.78 Å². The number of carbonyl (C=O) groups is 2. The number of benzene rings is 1. The number of piperazine rings is 1. The highest BCUT2D eigenvalue weighted by molar-refractivity contribution is 6.00. The first-order valence-corrected chi connectivity index (χ1v) is 9.13. The van der Waals surface area contributed by atoms with E-state index in [2.05, 4.69) is 0 Å². The van der Waals surface area contributed by atoms with Crippen LogP contribution in [0.15, 0.2) is 18.2 Å². The molecule has 2 aliphatic rings. The molecule has 27 heavy (non-hydrogen) atoms. The van der Waals surface area contributed by atoms with E-state index in [0.29, 0.717) is 18.8 Å². The minimum atomic E-state index is -0.567. The number of nitro groups is 1. The van der Waals surface area contributed by atoms with E-state index in [0.717, 1.165) is 12.8 Å². The van der Waals surface area contributed by atoms with Gasteiger partial charge >= 0.3 is 11.8 Å². The highest BCUT2D eigenvalue weighted by Gasteiger charge is 2.45. The van der Waals surface area contributed by atoms with Crippen LogP contribution in [0, 0.1) is 10.1 Å². The number of para-hydroxylation sites is 1. The quantitative estimate of drug-likeness (QED) is 0.457. The van der Waals surface area contributed by atoms with Crippen LogP contribution in [0.4, 0.5) is 16.2 Å². The monoisotopic (exact) mass is 375 g/mol. The largest absolute Gasteiger partial charge is 0.444 e. The van der Waals surface area contributed by atoms with Crippen LogP contribution in [0.5, 0.6) is 0 Å². The summed E-state index contributed by atoms with van der Waals surface area (Å²) in [5.74, 6) is -0.334. The average Bonchev–Trinajstić information content (AvgIpc) is 2.82. The molecular formula is C19H25N3O5. The first-order valence-electron chi connectivity index (χ1n) is 9.13. The van der Waals surface area contributed by atoms with E-state index in [9.17, 15) is 19.7 Å². The number of amides is 1. The summed E-state index contributed by atoms with van der Waals surface area (Å²) in [5, 5.41) is 11.6. The number of nitro benzene ring substituents is 1. The van der Waals surface area contributed by atoms with Gasteiger partial charge in [0, 0.05) is 13.1 Å². The normalized spacial score (nSPS) is 21.9. The predicted octanol–water partition coefficient (Wildman–Crippen LogP) is 3.39. The van der Waals surface area contributed by atoms with Gasteiger partial charge in [0.1, 0.15) is 11.3 Å². The Kier molecular flexibility index (Phi) is 4.84. The fourth-order valence-corrected chi connectivity index (χ4v) is 3.97. The second kappa shape index (κ2) is 6.83. The van der Waals surface area contributed by atoms with Gasteiger partial charge in [-0.15, -0.1) is 0 Å². The summed E-state index contributed by atoms with van der Waals surface area (Å²) in [4.78, 5) is 39.2. The summed E-state index contributed by atoms with van der Waals surface area (Å²) in [6, 6.07) is 4.71. The molecule has 0 unspecified atom stereocenters. The molecule has 2 heterocycles. The first kappa shape index (κ1) is 19.1. The molecule has 0 aromatic heterocycles. The maximum atomic E-state index is 12.6. The van der Waals surface area contributed by atoms with E-state index in [1.807, 2.05) is 25.7 Å². The van der Waals surface area contributed by atoms with Gasteiger partial charge in [-0.25, -0.2) is 4.79 Å². The van der Waals surface area contributed by atoms with E-state index in [4.69, 9.17) is 4.74 Å². The lowest BCUT2D eigenvalue weighted by molar-refractivity contribution is -0.384. The van der Waals surface area contributed by atoms with Crippen LogP contribution in [0.3, 0.4) is 0 Å². The third-order valence-electron chi connectivity index (χ3n) is 5.00. The standard InChI is InChI=1S/C19H25N3O5/c1-12(23)15-6-5-7-16(17(15)22(25)26)20-10-13-8-9-14(11-20)21(13)18(24)27-19(2,3)4/h5-7,13-14H,8-11H2,1-4H3/t13-,14+. The molecule has 0 aliphatic carbocycles. The van der Waals surface area contributed by atoms with E-state index in [1.54, 1.807) is 17.0 Å². The van der Waals surface area contributed by atoms with E-state index < -0.39 is 10.5 Å². The number of rotatable bonds is 3. The average molecular weight is 375 g/mol. The zero-order valence-corrected chi connectivity index (χ0v) is 16.1. The van der Waals surface area contributed by atoms with Crippen LogP contribution in [-0.4, -0.2) is 52.5 Å². The molecule has 8 nitrogen and oxygen atoms in total. The molecule has 0 N–H and O–H groups in total. The van der Waals surface area contributed by atoms with Crippen molar-refractivity contribution < 1.29 is 19.2 Å². The Labute approximate surface area is 158 Å². The molecule has 146 valence electrons. The molecule has 0 saturated carbocycles. The van der Waals surface area contributed by atoms with Gasteiger partial charge in [0.2, 0.25) is 0 Å². The molecule has 2 atom stereocenters. The number of fused-ring (bicyclic) bond motifs is 2. The second-order valence-electron chi connectivity index (χ2n) is 8.16. The molecule has 0 spiro atoms. The van der Waals surface area contributed by atoms with E-state index in [1.165, 1.54) is 13.0 Å². The minimum Gasteiger partial charge on any atom is -0.444 e. The number of anilines is 1. The molecule has 1 aromatic carbocycles. The number of ketones is 1. The predicted molar refractivity (Wildman–Crippen MR) is 100 cm³/mol. The first-order chi connectivity index (χ1) is 12.6. The van der Waals surface area contributed by atoms with E-state index >= 15 is 0 Å². The van der Waals surface area contributed by atoms with Gasteiger partial charge in [-0.3, -0.25) is 19.8 Å². The molecule has 1 aromatic rings. The van der Waals surface area contributed by atoms with Gasteiger partial charge in [-0.1, -0.05) is 6.07 Å². The third-order valence-corrected chi connectivity index (χ3v) is 5.00. The topological polar surface area (TPSA) is 93.0 Å². The van der Waals surface area contributed by atoms with Gasteiger partial charge < -0.3 is 9.64 Å². The third kappa shape index (κ3) is 3.74. The lowest BCUT2D eigenvalue weighted by atomic mass is 10.1. The van der Waals surface area contributed by atoms with Gasteiger partial charge in [0.25, 0.3) is 0 Å². The van der Waals surface area contributed by atoms with Crippen molar-refractivity contribution >= 4 is 23.3 Å². The fourth-order valence-electron chi connectivity index (χ4n) is 3.97. The number of hydrogen-bond donors (Lipinski definition) is 0. The number of nitrogens with zero attached hydrogens (tertiary/aromatic N) is 3. The Morgan fingerprint density at radius 1 is 1.19 bits per heavy atom. The zero-order chi connectivity index (χ0) is 19.9. The summed E-state index contributed by atoms with van der Waals surface area (Å²) in [7, 11) is 0. The summed E-state index contributed by atoms with van der Waals surface area (Å²) < 4.78 is 5.53. The van der Waals surface area contributed by atoms with Crippen molar-refractivity contribution in [1.29, 1.82) is 0 Å². The van der Waals surface area contributed by atoms with Crippen molar-refractivity contribution in [3.8, 4) is 0 Å². The maximum Gasteiger partial charge on any atom is 0.410 e. The summed E-state index contributed by atoms with van der Waals surface area (Å²) in [6.07, 6.45) is 1.34. The van der Waals surface area contributed by atoms with Gasteiger partial charge in [0.05, 0.1) is 22.6 Å². The molecule has 8 heteroatoms. The highest BCUT2D eigenvalue weighted by atomic mass is 16.6. The van der Waals surface area contributed by atoms with Gasteiger partial charge in [-0.2, -0.15) is 0 Å². The van der Waals surface area contributed by atoms with Crippen LogP contribution < -0.4 is 4.90 Å². The molecular weight excluding hydrogens is 350 g/mol. The van der Waals surface area contributed by atoms with Crippen LogP contribution in [-0.2, 0) is 4.74 Å². The molecule has 0 radical (unpaired) electrons. The van der Waals surface area contributed by atoms with Crippen molar-refractivity contribution in [3.05, 3.63) is 33.9 Å². The molecule has 2 aliphatic heterocycles. The Balaban J connectivity index is 1.87. The van der Waals surface area contributed by atoms with Crippen molar-refractivity contribution in [2.45, 2.75) is 58.2 Å². The lowest BCUT2D eigenvalue weighted by Gasteiger charge is -2.42. The van der Waals surface area contributed by atoms with Crippen molar-refractivity contribution in [2.75, 3.05) is 18.0 Å². The van der Waals surface area contributed by atoms with Crippen molar-refractivity contribution in [3.63, 3.8) is 0 Å². The van der Waals surface area contributed by atoms with Crippen molar-refractivity contribution in [1.82, 2.24) is 4.90 Å². The Morgan fingerprint density at radius 2 is 1.78 bits per heavy atom. The SMILES string of the molecule is CC(=O)c1cccc(N2C[C@H]3CC[C@@H](C2)N3C(=O)OC(C)(C)C)c1[N+](=O)[O-]. The number of ether oxygens (including phenoxy) is 1. The maximum absolute atomic E-state index is 12.6. The van der Waals surface area contributed by atoms with Crippen LogP contribution in [0.2, 0.25) is 0 Å². The van der Waals surface area contributed by atoms with Crippen LogP contribution >= 0.6 is 0 Å². The summed E-state index contributed by atoms with van der Waals surface area (Å²) in [6.45, 7) is 7.80. The Bertz CT molecular complexity index is 772. The molecule has 2 saturated heterocycles. The molecule has 3 rings (SSSR count). The smallest absolute Gasteiger partial charge is 0.410 e. The van der Waals surface area contributed by atoms with E-state index in [-0.39, 0.29) is 35.2 Å². The number of Topliss-reactive ketones (excluding diaryl/α,β-unsaturated/α-hetero) is 1. The highest BCUT2D eigenvalue weighted by Crippen LogP contribution is 2.38. The summed E-state index contributed by atoms with van der Waals surface area (Å²) in [5.41, 5.74) is -0.176. The van der Waals surface area contributed by atoms with Crippen molar-refractivity contribution in [2.24, 2.45) is 0 Å². The fraction of sp³-hybridized carbons (Fsp3) is 0.579. The Hall–Kier alpha value is -2.64. The van der Waals surface area contributed by atoms with Crippen LogP contribution in [0.25, 0.3) is 0 Å². The minimum absolute atomic E-state index is 0.0563. The lowest BCUT2D eigenvalue weighted by Crippen LogP contribution is -2.56.